The summed E-state index contributed by atoms with van der Waals surface area (Å²) in [5, 5.41) is 0. The van der Waals surface area contributed by atoms with E-state index in [0.717, 1.165) is 24.8 Å². The van der Waals surface area contributed by atoms with Gasteiger partial charge in [0.2, 0.25) is 0 Å². The minimum absolute atomic E-state index is 0.209. The molecule has 2 rings (SSSR count). The third-order valence-electron chi connectivity index (χ3n) is 2.75. The van der Waals surface area contributed by atoms with Crippen LogP contribution in [0, 0.1) is 0 Å². The van der Waals surface area contributed by atoms with E-state index in [1.165, 1.54) is 5.56 Å². The Bertz CT molecular complexity index is 435. The number of carbonyl (C=O) groups is 2. The Labute approximate surface area is 94.4 Å². The molecular weight excluding hydrogens is 204 g/mol. The second-order valence-electron chi connectivity index (χ2n) is 4.03. The molecule has 1 aromatic rings. The molecule has 0 aliphatic carbocycles. The molecule has 0 bridgehead atoms. The lowest BCUT2D eigenvalue weighted by Gasteiger charge is -2.14. The van der Waals surface area contributed by atoms with Crippen molar-refractivity contribution in [3.8, 4) is 0 Å². The molecule has 0 saturated carbocycles. The highest BCUT2D eigenvalue weighted by molar-refractivity contribution is 6.02. The van der Waals surface area contributed by atoms with Gasteiger partial charge in [0.1, 0.15) is 0 Å². The number of carbonyl (C=O) groups excluding carboxylic acids is 2. The Morgan fingerprint density at radius 2 is 2.12 bits per heavy atom. The van der Waals surface area contributed by atoms with Gasteiger partial charge in [-0.05, 0) is 30.0 Å². The van der Waals surface area contributed by atoms with E-state index in [9.17, 15) is 9.59 Å². The number of hydrogen-bond acceptors (Lipinski definition) is 3. The van der Waals surface area contributed by atoms with Crippen LogP contribution in [0.2, 0.25) is 0 Å². The third kappa shape index (κ3) is 2.13. The highest BCUT2D eigenvalue weighted by Gasteiger charge is 2.24. The van der Waals surface area contributed by atoms with Crippen molar-refractivity contribution in [2.24, 2.45) is 0 Å². The number of unbranched alkanes of at least 4 members (excludes halogenated alkanes) is 1. The molecule has 3 heteroatoms. The van der Waals surface area contributed by atoms with Crippen LogP contribution >= 0.6 is 0 Å². The number of esters is 2. The van der Waals surface area contributed by atoms with Crippen molar-refractivity contribution in [1.82, 2.24) is 0 Å². The lowest BCUT2D eigenvalue weighted by Crippen LogP contribution is -2.22. The van der Waals surface area contributed by atoms with Crippen molar-refractivity contribution in [2.75, 3.05) is 0 Å². The summed E-state index contributed by atoms with van der Waals surface area (Å²) < 4.78 is 4.56. The molecule has 0 N–H and O–H groups in total. The summed E-state index contributed by atoms with van der Waals surface area (Å²) >= 11 is 0. The Hall–Kier alpha value is -1.64. The van der Waals surface area contributed by atoms with Crippen LogP contribution in [0.5, 0.6) is 0 Å². The Kier molecular flexibility index (Phi) is 3.04. The number of aryl methyl sites for hydroxylation is 1. The van der Waals surface area contributed by atoms with Crippen LogP contribution in [0.4, 0.5) is 0 Å². The van der Waals surface area contributed by atoms with Gasteiger partial charge in [-0.25, -0.2) is 4.79 Å². The molecule has 1 heterocycles. The van der Waals surface area contributed by atoms with Crippen LogP contribution in [0.3, 0.4) is 0 Å². The SMILES string of the molecule is CCCCc1ccc2c(c1)CC(=O)OC2=O. The molecule has 0 unspecified atom stereocenters. The van der Waals surface area contributed by atoms with Gasteiger partial charge in [-0.3, -0.25) is 4.79 Å². The van der Waals surface area contributed by atoms with Crippen LogP contribution in [0.25, 0.3) is 0 Å². The average Bonchev–Trinajstić information content (AvgIpc) is 2.25. The highest BCUT2D eigenvalue weighted by Crippen LogP contribution is 2.20. The Morgan fingerprint density at radius 3 is 2.88 bits per heavy atom. The molecule has 1 aliphatic heterocycles. The molecule has 3 nitrogen and oxygen atoms in total. The molecular formula is C13H14O3. The smallest absolute Gasteiger partial charge is 0.346 e. The zero-order valence-electron chi connectivity index (χ0n) is 9.29. The maximum absolute atomic E-state index is 11.4. The number of ether oxygens (including phenoxy) is 1. The molecule has 84 valence electrons. The second-order valence-corrected chi connectivity index (χ2v) is 4.03. The first-order valence-electron chi connectivity index (χ1n) is 5.57. The van der Waals surface area contributed by atoms with E-state index in [-0.39, 0.29) is 6.42 Å². The lowest BCUT2D eigenvalue weighted by atomic mass is 9.97. The van der Waals surface area contributed by atoms with Crippen molar-refractivity contribution in [3.05, 3.63) is 34.9 Å². The minimum Gasteiger partial charge on any atom is -0.389 e. The van der Waals surface area contributed by atoms with E-state index in [1.54, 1.807) is 6.07 Å². The fourth-order valence-electron chi connectivity index (χ4n) is 1.88. The van der Waals surface area contributed by atoms with Crippen LogP contribution < -0.4 is 0 Å². The molecule has 0 amide bonds. The predicted octanol–water partition coefficient (Wildman–Crippen LogP) is 2.27. The zero-order valence-corrected chi connectivity index (χ0v) is 9.29. The first-order valence-corrected chi connectivity index (χ1v) is 5.57. The number of rotatable bonds is 3. The summed E-state index contributed by atoms with van der Waals surface area (Å²) in [5.41, 5.74) is 2.51. The van der Waals surface area contributed by atoms with Gasteiger partial charge in [0.25, 0.3) is 0 Å². The molecule has 0 aromatic heterocycles. The van der Waals surface area contributed by atoms with E-state index in [1.807, 2.05) is 12.1 Å². The monoisotopic (exact) mass is 218 g/mol. The second kappa shape index (κ2) is 4.47. The van der Waals surface area contributed by atoms with Gasteiger partial charge >= 0.3 is 11.9 Å². The standard InChI is InChI=1S/C13H14O3/c1-2-3-4-9-5-6-11-10(7-9)8-12(14)16-13(11)15/h5-7H,2-4,8H2,1H3. The molecule has 1 aromatic carbocycles. The topological polar surface area (TPSA) is 43.4 Å². The van der Waals surface area contributed by atoms with Crippen molar-refractivity contribution < 1.29 is 14.3 Å². The van der Waals surface area contributed by atoms with Gasteiger partial charge in [-0.1, -0.05) is 25.5 Å². The summed E-state index contributed by atoms with van der Waals surface area (Å²) in [7, 11) is 0. The van der Waals surface area contributed by atoms with Gasteiger partial charge in [0.15, 0.2) is 0 Å². The number of cyclic esters (lactones) is 2. The number of fused-ring (bicyclic) bond motifs is 1. The average molecular weight is 218 g/mol. The maximum atomic E-state index is 11.4. The van der Waals surface area contributed by atoms with Gasteiger partial charge in [-0.15, -0.1) is 0 Å². The fourth-order valence-corrected chi connectivity index (χ4v) is 1.88. The summed E-state index contributed by atoms with van der Waals surface area (Å²) in [6, 6.07) is 5.64. The van der Waals surface area contributed by atoms with Gasteiger partial charge in [0.05, 0.1) is 12.0 Å². The Morgan fingerprint density at radius 1 is 1.31 bits per heavy atom. The van der Waals surface area contributed by atoms with Crippen LogP contribution in [-0.4, -0.2) is 11.9 Å². The molecule has 0 atom stereocenters. The number of hydrogen-bond donors (Lipinski definition) is 0. The van der Waals surface area contributed by atoms with E-state index in [0.29, 0.717) is 5.56 Å². The minimum atomic E-state index is -0.520. The van der Waals surface area contributed by atoms with Gasteiger partial charge < -0.3 is 4.74 Å². The quantitative estimate of drug-likeness (QED) is 0.577. The molecule has 0 fully saturated rings. The van der Waals surface area contributed by atoms with Gasteiger partial charge in [-0.2, -0.15) is 0 Å². The molecule has 1 aliphatic rings. The number of benzene rings is 1. The van der Waals surface area contributed by atoms with Crippen LogP contribution in [0.1, 0.15) is 41.3 Å². The van der Waals surface area contributed by atoms with Crippen LogP contribution in [0.15, 0.2) is 18.2 Å². The van der Waals surface area contributed by atoms with Crippen LogP contribution in [-0.2, 0) is 22.4 Å². The van der Waals surface area contributed by atoms with Crippen molar-refractivity contribution >= 4 is 11.9 Å². The molecule has 16 heavy (non-hydrogen) atoms. The van der Waals surface area contributed by atoms with Crippen molar-refractivity contribution in [1.29, 1.82) is 0 Å². The van der Waals surface area contributed by atoms with Gasteiger partial charge in [0, 0.05) is 0 Å². The first-order chi connectivity index (χ1) is 7.70. The van der Waals surface area contributed by atoms with E-state index in [2.05, 4.69) is 11.7 Å². The molecule has 0 saturated heterocycles. The third-order valence-corrected chi connectivity index (χ3v) is 2.75. The summed E-state index contributed by atoms with van der Waals surface area (Å²) in [5.74, 6) is -0.974. The predicted molar refractivity (Wildman–Crippen MR) is 59.2 cm³/mol. The first kappa shape index (κ1) is 10.9. The molecule has 0 radical (unpaired) electrons. The lowest BCUT2D eigenvalue weighted by molar-refractivity contribution is -0.137. The zero-order chi connectivity index (χ0) is 11.5. The maximum Gasteiger partial charge on any atom is 0.346 e. The fraction of sp³-hybridized carbons (Fsp3) is 0.385. The van der Waals surface area contributed by atoms with E-state index < -0.39 is 11.9 Å². The van der Waals surface area contributed by atoms with Crippen molar-refractivity contribution in [2.45, 2.75) is 32.6 Å². The Balaban J connectivity index is 2.27. The summed E-state index contributed by atoms with van der Waals surface area (Å²) in [4.78, 5) is 22.5. The molecule has 0 spiro atoms. The van der Waals surface area contributed by atoms with E-state index >= 15 is 0 Å². The summed E-state index contributed by atoms with van der Waals surface area (Å²) in [6.07, 6.45) is 3.46. The summed E-state index contributed by atoms with van der Waals surface area (Å²) in [6.45, 7) is 2.14. The normalized spacial score (nSPS) is 14.6. The van der Waals surface area contributed by atoms with E-state index in [4.69, 9.17) is 0 Å². The van der Waals surface area contributed by atoms with Crippen molar-refractivity contribution in [3.63, 3.8) is 0 Å². The highest BCUT2D eigenvalue weighted by atomic mass is 16.6. The largest absolute Gasteiger partial charge is 0.389 e.